The minimum absolute atomic E-state index is 0.432. The van der Waals surface area contributed by atoms with Crippen molar-refractivity contribution in [2.75, 3.05) is 7.11 Å². The van der Waals surface area contributed by atoms with Crippen molar-refractivity contribution >= 4 is 26.8 Å². The zero-order chi connectivity index (χ0) is 11.7. The van der Waals surface area contributed by atoms with Crippen LogP contribution in [0.15, 0.2) is 28.7 Å². The molecule has 1 aromatic carbocycles. The molecule has 0 spiro atoms. The predicted molar refractivity (Wildman–Crippen MR) is 70.7 cm³/mol. The van der Waals surface area contributed by atoms with Gasteiger partial charge in [-0.3, -0.25) is 0 Å². The molecule has 0 aliphatic heterocycles. The number of aromatic nitrogens is 1. The van der Waals surface area contributed by atoms with Gasteiger partial charge in [-0.15, -0.1) is 0 Å². The van der Waals surface area contributed by atoms with E-state index >= 15 is 0 Å². The van der Waals surface area contributed by atoms with Crippen LogP contribution in [0.2, 0.25) is 0 Å². The van der Waals surface area contributed by atoms with E-state index in [9.17, 15) is 0 Å². The summed E-state index contributed by atoms with van der Waals surface area (Å²) in [5.74, 6) is 0. The molecule has 0 amide bonds. The summed E-state index contributed by atoms with van der Waals surface area (Å²) in [5, 5.41) is 1.26. The van der Waals surface area contributed by atoms with Gasteiger partial charge in [0, 0.05) is 28.7 Å². The predicted octanol–water partition coefficient (Wildman–Crippen LogP) is 4.13. The lowest BCUT2D eigenvalue weighted by molar-refractivity contribution is 0.177. The van der Waals surface area contributed by atoms with E-state index in [2.05, 4.69) is 58.6 Å². The Kier molecular flexibility index (Phi) is 3.36. The Bertz CT molecular complexity index is 502. The largest absolute Gasteiger partial charge is 0.378 e. The molecule has 2 rings (SSSR count). The molecule has 0 unspecified atom stereocenters. The number of ether oxygens (including phenoxy) is 1. The zero-order valence-corrected chi connectivity index (χ0v) is 11.4. The molecule has 3 heteroatoms. The smallest absolute Gasteiger partial charge is 0.0864 e. The van der Waals surface area contributed by atoms with E-state index in [1.165, 1.54) is 16.6 Å². The summed E-state index contributed by atoms with van der Waals surface area (Å²) < 4.78 is 8.71. The number of hydrogen-bond acceptors (Lipinski definition) is 1. The van der Waals surface area contributed by atoms with Gasteiger partial charge in [0.05, 0.1) is 12.1 Å². The molecule has 0 saturated heterocycles. The Morgan fingerprint density at radius 1 is 1.38 bits per heavy atom. The number of hydrogen-bond donors (Lipinski definition) is 0. The molecule has 1 heterocycles. The lowest BCUT2D eigenvalue weighted by Gasteiger charge is -2.15. The van der Waals surface area contributed by atoms with Crippen LogP contribution in [-0.4, -0.2) is 11.7 Å². The second-order valence-corrected chi connectivity index (χ2v) is 5.06. The lowest BCUT2D eigenvalue weighted by atomic mass is 10.2. The van der Waals surface area contributed by atoms with Crippen LogP contribution in [0.4, 0.5) is 0 Å². The summed E-state index contributed by atoms with van der Waals surface area (Å²) >= 11 is 3.62. The van der Waals surface area contributed by atoms with E-state index in [1.54, 1.807) is 7.11 Å². The van der Waals surface area contributed by atoms with Gasteiger partial charge in [0.2, 0.25) is 0 Å². The summed E-state index contributed by atoms with van der Waals surface area (Å²) in [6.45, 7) is 5.04. The van der Waals surface area contributed by atoms with Crippen LogP contribution in [0.1, 0.15) is 25.6 Å². The van der Waals surface area contributed by atoms with Gasteiger partial charge in [-0.1, -0.05) is 12.1 Å². The Morgan fingerprint density at radius 3 is 2.75 bits per heavy atom. The van der Waals surface area contributed by atoms with Crippen molar-refractivity contribution in [3.05, 3.63) is 34.4 Å². The summed E-state index contributed by atoms with van der Waals surface area (Å²) in [5.41, 5.74) is 2.48. The van der Waals surface area contributed by atoms with E-state index in [0.717, 1.165) is 4.47 Å². The molecular formula is C13H16BrNO. The molecule has 0 radical (unpaired) electrons. The summed E-state index contributed by atoms with van der Waals surface area (Å²) in [7, 11) is 1.73. The summed E-state index contributed by atoms with van der Waals surface area (Å²) in [6.07, 6.45) is 0. The van der Waals surface area contributed by atoms with Crippen molar-refractivity contribution in [3.8, 4) is 0 Å². The quantitative estimate of drug-likeness (QED) is 0.825. The first kappa shape index (κ1) is 11.7. The average molecular weight is 282 g/mol. The molecule has 0 fully saturated rings. The van der Waals surface area contributed by atoms with E-state index in [-0.39, 0.29) is 0 Å². The first-order chi connectivity index (χ1) is 7.65. The van der Waals surface area contributed by atoms with E-state index in [1.807, 2.05) is 0 Å². The van der Waals surface area contributed by atoms with Crippen molar-refractivity contribution in [2.24, 2.45) is 0 Å². The third-order valence-electron chi connectivity index (χ3n) is 2.70. The molecule has 0 atom stereocenters. The number of halogens is 1. The highest BCUT2D eigenvalue weighted by Gasteiger charge is 2.13. The Labute approximate surface area is 104 Å². The van der Waals surface area contributed by atoms with Crippen LogP contribution in [-0.2, 0) is 11.3 Å². The standard InChI is InChI=1S/C13H16BrNO/c1-9(2)15-11(8-16-3)7-10-5-4-6-12(14)13(10)15/h4-7,9H,8H2,1-3H3. The van der Waals surface area contributed by atoms with Gasteiger partial charge >= 0.3 is 0 Å². The minimum Gasteiger partial charge on any atom is -0.378 e. The van der Waals surface area contributed by atoms with E-state index < -0.39 is 0 Å². The van der Waals surface area contributed by atoms with Crippen molar-refractivity contribution in [1.29, 1.82) is 0 Å². The van der Waals surface area contributed by atoms with Gasteiger partial charge in [0.1, 0.15) is 0 Å². The van der Waals surface area contributed by atoms with Crippen molar-refractivity contribution < 1.29 is 4.74 Å². The van der Waals surface area contributed by atoms with Gasteiger partial charge in [-0.05, 0) is 41.9 Å². The first-order valence-electron chi connectivity index (χ1n) is 5.42. The zero-order valence-electron chi connectivity index (χ0n) is 9.83. The van der Waals surface area contributed by atoms with Crippen LogP contribution in [0.25, 0.3) is 10.9 Å². The highest BCUT2D eigenvalue weighted by atomic mass is 79.9. The lowest BCUT2D eigenvalue weighted by Crippen LogP contribution is -2.06. The fourth-order valence-corrected chi connectivity index (χ4v) is 2.72. The van der Waals surface area contributed by atoms with Gasteiger partial charge in [0.15, 0.2) is 0 Å². The van der Waals surface area contributed by atoms with Crippen LogP contribution in [0.5, 0.6) is 0 Å². The average Bonchev–Trinajstić information content (AvgIpc) is 2.58. The number of methoxy groups -OCH3 is 1. The van der Waals surface area contributed by atoms with Crippen molar-refractivity contribution in [3.63, 3.8) is 0 Å². The maximum absolute atomic E-state index is 5.25. The molecule has 2 aromatic rings. The Morgan fingerprint density at radius 2 is 2.12 bits per heavy atom. The van der Waals surface area contributed by atoms with E-state index in [0.29, 0.717) is 12.6 Å². The van der Waals surface area contributed by atoms with Gasteiger partial charge in [-0.2, -0.15) is 0 Å². The number of para-hydroxylation sites is 1. The first-order valence-corrected chi connectivity index (χ1v) is 6.21. The molecule has 1 aromatic heterocycles. The van der Waals surface area contributed by atoms with Crippen molar-refractivity contribution in [1.82, 2.24) is 4.57 Å². The minimum atomic E-state index is 0.432. The Balaban J connectivity index is 2.72. The van der Waals surface area contributed by atoms with Gasteiger partial charge in [0.25, 0.3) is 0 Å². The topological polar surface area (TPSA) is 14.2 Å². The molecule has 0 saturated carbocycles. The summed E-state index contributed by atoms with van der Waals surface area (Å²) in [6, 6.07) is 8.91. The number of fused-ring (bicyclic) bond motifs is 1. The van der Waals surface area contributed by atoms with Crippen LogP contribution < -0.4 is 0 Å². The second-order valence-electron chi connectivity index (χ2n) is 4.21. The SMILES string of the molecule is COCc1cc2cccc(Br)c2n1C(C)C. The molecule has 0 aliphatic carbocycles. The number of rotatable bonds is 3. The van der Waals surface area contributed by atoms with Crippen LogP contribution in [0.3, 0.4) is 0 Å². The van der Waals surface area contributed by atoms with Crippen molar-refractivity contribution in [2.45, 2.75) is 26.5 Å². The molecule has 86 valence electrons. The molecule has 0 N–H and O–H groups in total. The fraction of sp³-hybridized carbons (Fsp3) is 0.385. The van der Waals surface area contributed by atoms with Gasteiger partial charge in [-0.25, -0.2) is 0 Å². The molecule has 2 nitrogen and oxygen atoms in total. The Hall–Kier alpha value is -0.800. The normalized spacial score (nSPS) is 11.6. The monoisotopic (exact) mass is 281 g/mol. The molecule has 16 heavy (non-hydrogen) atoms. The highest BCUT2D eigenvalue weighted by molar-refractivity contribution is 9.10. The fourth-order valence-electron chi connectivity index (χ4n) is 2.14. The maximum Gasteiger partial charge on any atom is 0.0864 e. The highest BCUT2D eigenvalue weighted by Crippen LogP contribution is 2.30. The number of benzene rings is 1. The van der Waals surface area contributed by atoms with Crippen LogP contribution >= 0.6 is 15.9 Å². The van der Waals surface area contributed by atoms with Gasteiger partial charge < -0.3 is 9.30 Å². The molecular weight excluding hydrogens is 266 g/mol. The van der Waals surface area contributed by atoms with E-state index in [4.69, 9.17) is 4.74 Å². The maximum atomic E-state index is 5.25. The molecule has 0 bridgehead atoms. The summed E-state index contributed by atoms with van der Waals surface area (Å²) in [4.78, 5) is 0. The third-order valence-corrected chi connectivity index (χ3v) is 3.34. The third kappa shape index (κ3) is 1.89. The van der Waals surface area contributed by atoms with Crippen LogP contribution in [0, 0.1) is 0 Å². The molecule has 0 aliphatic rings. The second kappa shape index (κ2) is 4.60. The number of nitrogens with zero attached hydrogens (tertiary/aromatic N) is 1.